The lowest BCUT2D eigenvalue weighted by Crippen LogP contribution is -2.37. The molecule has 0 fully saturated rings. The van der Waals surface area contributed by atoms with Crippen molar-refractivity contribution >= 4 is 0 Å². The van der Waals surface area contributed by atoms with Gasteiger partial charge in [-0.2, -0.15) is 0 Å². The molecular formula is C41H86N2. The standard InChI is InChI=1S/C41H86N2/c1-5-9-12-15-18-21-24-27-30-33-37-42(36-8-4)40-41-43(38-34-31-28-25-22-19-16-13-10-6-2)39-35-32-29-26-23-20-17-14-11-7-3/h5-41H2,1-4H3. The lowest BCUT2D eigenvalue weighted by molar-refractivity contribution is 0.195. The summed E-state index contributed by atoms with van der Waals surface area (Å²) in [6, 6.07) is 0. The fourth-order valence-corrected chi connectivity index (χ4v) is 6.74. The third kappa shape index (κ3) is 34.6. The van der Waals surface area contributed by atoms with Crippen molar-refractivity contribution in [1.29, 1.82) is 0 Å². The van der Waals surface area contributed by atoms with E-state index in [4.69, 9.17) is 0 Å². The van der Waals surface area contributed by atoms with E-state index < -0.39 is 0 Å². The van der Waals surface area contributed by atoms with Crippen LogP contribution in [0.1, 0.15) is 227 Å². The van der Waals surface area contributed by atoms with Crippen molar-refractivity contribution in [1.82, 2.24) is 9.80 Å². The van der Waals surface area contributed by atoms with Gasteiger partial charge in [-0.15, -0.1) is 0 Å². The number of hydrogen-bond donors (Lipinski definition) is 0. The topological polar surface area (TPSA) is 6.48 Å². The van der Waals surface area contributed by atoms with Crippen molar-refractivity contribution in [3.8, 4) is 0 Å². The zero-order valence-electron chi connectivity index (χ0n) is 31.1. The van der Waals surface area contributed by atoms with Crippen LogP contribution in [0.4, 0.5) is 0 Å². The maximum atomic E-state index is 2.86. The molecule has 0 bridgehead atoms. The SMILES string of the molecule is CCCCCCCCCCCCN(CCC)CCN(CCCCCCCCCCCC)CCCCCCCCCCCC. The van der Waals surface area contributed by atoms with E-state index in [2.05, 4.69) is 37.5 Å². The highest BCUT2D eigenvalue weighted by Crippen LogP contribution is 2.14. The summed E-state index contributed by atoms with van der Waals surface area (Å²) in [4.78, 5) is 5.66. The molecule has 0 aliphatic rings. The molecule has 0 spiro atoms. The second-order valence-corrected chi connectivity index (χ2v) is 14.2. The van der Waals surface area contributed by atoms with Crippen LogP contribution in [-0.2, 0) is 0 Å². The Balaban J connectivity index is 4.25. The van der Waals surface area contributed by atoms with Crippen LogP contribution in [0, 0.1) is 0 Å². The maximum absolute atomic E-state index is 2.86. The van der Waals surface area contributed by atoms with Crippen LogP contribution in [-0.4, -0.2) is 49.1 Å². The molecule has 0 N–H and O–H groups in total. The lowest BCUT2D eigenvalue weighted by atomic mass is 10.1. The normalized spacial score (nSPS) is 11.9. The fourth-order valence-electron chi connectivity index (χ4n) is 6.74. The number of nitrogens with zero attached hydrogens (tertiary/aromatic N) is 2. The van der Waals surface area contributed by atoms with E-state index in [1.807, 2.05) is 0 Å². The predicted molar refractivity (Wildman–Crippen MR) is 199 cm³/mol. The summed E-state index contributed by atoms with van der Waals surface area (Å²) in [7, 11) is 0. The Kier molecular flexibility index (Phi) is 38.0. The highest BCUT2D eigenvalue weighted by atomic mass is 15.2. The van der Waals surface area contributed by atoms with Crippen LogP contribution in [0.3, 0.4) is 0 Å². The monoisotopic (exact) mass is 607 g/mol. The first-order valence-corrected chi connectivity index (χ1v) is 20.7. The first kappa shape index (κ1) is 42.9. The Bertz CT molecular complexity index is 454. The van der Waals surface area contributed by atoms with Crippen molar-refractivity contribution in [3.05, 3.63) is 0 Å². The molecular weight excluding hydrogens is 520 g/mol. The number of rotatable bonds is 38. The Morgan fingerprint density at radius 1 is 0.186 bits per heavy atom. The Hall–Kier alpha value is -0.0800. The molecule has 0 heterocycles. The minimum atomic E-state index is 1.29. The average Bonchev–Trinajstić information content (AvgIpc) is 3.01. The highest BCUT2D eigenvalue weighted by molar-refractivity contribution is 4.65. The predicted octanol–water partition coefficient (Wildman–Crippen LogP) is 13.8. The first-order chi connectivity index (χ1) is 21.3. The van der Waals surface area contributed by atoms with Gasteiger partial charge in [0.25, 0.3) is 0 Å². The third-order valence-corrected chi connectivity index (χ3v) is 9.76. The number of unbranched alkanes of at least 4 members (excludes halogenated alkanes) is 27. The molecule has 0 aliphatic heterocycles. The molecule has 0 saturated carbocycles. The summed E-state index contributed by atoms with van der Waals surface area (Å²) in [6.07, 6.45) is 44.6. The second kappa shape index (κ2) is 38.1. The van der Waals surface area contributed by atoms with Crippen LogP contribution in [0.2, 0.25) is 0 Å². The van der Waals surface area contributed by atoms with E-state index >= 15 is 0 Å². The van der Waals surface area contributed by atoms with Crippen LogP contribution in [0.15, 0.2) is 0 Å². The molecule has 0 aromatic heterocycles. The van der Waals surface area contributed by atoms with Gasteiger partial charge in [0.15, 0.2) is 0 Å². The van der Waals surface area contributed by atoms with Crippen molar-refractivity contribution in [2.75, 3.05) is 39.3 Å². The first-order valence-electron chi connectivity index (χ1n) is 20.7. The molecule has 0 unspecified atom stereocenters. The van der Waals surface area contributed by atoms with E-state index in [0.29, 0.717) is 0 Å². The van der Waals surface area contributed by atoms with Gasteiger partial charge in [-0.1, -0.05) is 201 Å². The highest BCUT2D eigenvalue weighted by Gasteiger charge is 2.09. The zero-order chi connectivity index (χ0) is 31.3. The molecule has 0 saturated heterocycles. The van der Waals surface area contributed by atoms with Gasteiger partial charge in [-0.05, 0) is 51.9 Å². The van der Waals surface area contributed by atoms with E-state index in [-0.39, 0.29) is 0 Å². The minimum Gasteiger partial charge on any atom is -0.302 e. The summed E-state index contributed by atoms with van der Waals surface area (Å²) >= 11 is 0. The maximum Gasteiger partial charge on any atom is 0.0109 e. The molecule has 2 nitrogen and oxygen atoms in total. The van der Waals surface area contributed by atoms with E-state index in [0.717, 1.165) is 0 Å². The van der Waals surface area contributed by atoms with Crippen molar-refractivity contribution < 1.29 is 0 Å². The minimum absolute atomic E-state index is 1.29. The lowest BCUT2D eigenvalue weighted by Gasteiger charge is -2.28. The summed E-state index contributed by atoms with van der Waals surface area (Å²) in [5, 5.41) is 0. The quantitative estimate of drug-likeness (QED) is 0.0645. The van der Waals surface area contributed by atoms with Gasteiger partial charge >= 0.3 is 0 Å². The van der Waals surface area contributed by atoms with Gasteiger partial charge in [0, 0.05) is 13.1 Å². The molecule has 0 rings (SSSR count). The summed E-state index contributed by atoms with van der Waals surface area (Å²) in [5.41, 5.74) is 0. The molecule has 0 atom stereocenters. The Labute approximate surface area is 275 Å². The van der Waals surface area contributed by atoms with Crippen molar-refractivity contribution in [2.24, 2.45) is 0 Å². The van der Waals surface area contributed by atoms with Crippen molar-refractivity contribution in [3.63, 3.8) is 0 Å². The summed E-state index contributed by atoms with van der Waals surface area (Å²) in [6.45, 7) is 17.2. The molecule has 43 heavy (non-hydrogen) atoms. The Morgan fingerprint density at radius 2 is 0.395 bits per heavy atom. The smallest absolute Gasteiger partial charge is 0.0109 e. The average molecular weight is 607 g/mol. The van der Waals surface area contributed by atoms with E-state index in [1.54, 1.807) is 0 Å². The van der Waals surface area contributed by atoms with Crippen LogP contribution in [0.5, 0.6) is 0 Å². The fraction of sp³-hybridized carbons (Fsp3) is 1.00. The third-order valence-electron chi connectivity index (χ3n) is 9.76. The molecule has 0 aromatic rings. The summed E-state index contributed by atoms with van der Waals surface area (Å²) < 4.78 is 0. The molecule has 260 valence electrons. The van der Waals surface area contributed by atoms with Gasteiger partial charge < -0.3 is 9.80 Å². The molecule has 0 aromatic carbocycles. The molecule has 0 amide bonds. The van der Waals surface area contributed by atoms with Gasteiger partial charge in [0.05, 0.1) is 0 Å². The summed E-state index contributed by atoms with van der Waals surface area (Å²) in [5.74, 6) is 0. The van der Waals surface area contributed by atoms with Gasteiger partial charge in [-0.25, -0.2) is 0 Å². The Morgan fingerprint density at radius 3 is 0.628 bits per heavy atom. The molecule has 0 radical (unpaired) electrons. The van der Waals surface area contributed by atoms with Gasteiger partial charge in [0.1, 0.15) is 0 Å². The number of hydrogen-bond acceptors (Lipinski definition) is 2. The van der Waals surface area contributed by atoms with Crippen LogP contribution in [0.25, 0.3) is 0 Å². The van der Waals surface area contributed by atoms with Crippen molar-refractivity contribution in [2.45, 2.75) is 227 Å². The van der Waals surface area contributed by atoms with E-state index in [9.17, 15) is 0 Å². The second-order valence-electron chi connectivity index (χ2n) is 14.2. The zero-order valence-corrected chi connectivity index (χ0v) is 31.1. The van der Waals surface area contributed by atoms with Crippen LogP contribution >= 0.6 is 0 Å². The van der Waals surface area contributed by atoms with Crippen LogP contribution < -0.4 is 0 Å². The van der Waals surface area contributed by atoms with Gasteiger partial charge in [-0.3, -0.25) is 0 Å². The molecule has 2 heteroatoms. The van der Waals surface area contributed by atoms with Gasteiger partial charge in [0.2, 0.25) is 0 Å². The van der Waals surface area contributed by atoms with E-state index in [1.165, 1.54) is 238 Å². The largest absolute Gasteiger partial charge is 0.302 e. The molecule has 0 aliphatic carbocycles.